The molecule has 1 rings (SSSR count). The lowest BCUT2D eigenvalue weighted by molar-refractivity contribution is -0.108. The van der Waals surface area contributed by atoms with Crippen molar-refractivity contribution in [3.05, 3.63) is 12.3 Å². The zero-order valence-corrected chi connectivity index (χ0v) is 14.5. The Labute approximate surface area is 138 Å². The Morgan fingerprint density at radius 1 is 1.52 bits per heavy atom. The van der Waals surface area contributed by atoms with Gasteiger partial charge in [0, 0.05) is 13.2 Å². The first-order chi connectivity index (χ1) is 11.1. The van der Waals surface area contributed by atoms with Gasteiger partial charge in [-0.1, -0.05) is 13.3 Å². The highest BCUT2D eigenvalue weighted by atomic mass is 31.2. The van der Waals surface area contributed by atoms with Crippen LogP contribution in [0.15, 0.2) is 12.3 Å². The van der Waals surface area contributed by atoms with E-state index < -0.39 is 8.60 Å². The van der Waals surface area contributed by atoms with E-state index in [0.29, 0.717) is 19.6 Å². The van der Waals surface area contributed by atoms with Crippen LogP contribution in [0.5, 0.6) is 0 Å². The van der Waals surface area contributed by atoms with Crippen molar-refractivity contribution in [1.82, 2.24) is 10.2 Å². The average molecular weight is 347 g/mol. The van der Waals surface area contributed by atoms with Crippen LogP contribution in [0.1, 0.15) is 32.6 Å². The monoisotopic (exact) mass is 347 g/mol. The second-order valence-electron chi connectivity index (χ2n) is 5.17. The molecular weight excluding hydrogens is 321 g/mol. The SMILES string of the molecule is CCCCOP(O)OCC1CCC(N(C)/C=C\C(=N)NC=O)O1. The van der Waals surface area contributed by atoms with Crippen molar-refractivity contribution in [3.63, 3.8) is 0 Å². The standard InChI is InChI=1S/C14H26N3O5P/c1-3-4-9-20-23(19)21-10-12-5-6-14(22-12)17(2)8-7-13(15)16-11-18/h7-8,11-12,14,19H,3-6,9-10H2,1-2H3,(H2,15,16,18)/b8-7-. The first-order valence-electron chi connectivity index (χ1n) is 7.66. The topological polar surface area (TPSA) is 104 Å². The molecule has 0 bridgehead atoms. The molecule has 132 valence electrons. The smallest absolute Gasteiger partial charge is 0.329 e. The van der Waals surface area contributed by atoms with Crippen LogP contribution in [0.3, 0.4) is 0 Å². The van der Waals surface area contributed by atoms with E-state index >= 15 is 0 Å². The van der Waals surface area contributed by atoms with Gasteiger partial charge in [0.25, 0.3) is 0 Å². The normalized spacial score (nSPS) is 22.2. The molecule has 1 heterocycles. The number of hydrogen-bond acceptors (Lipinski definition) is 7. The minimum Gasteiger partial charge on any atom is -0.355 e. The van der Waals surface area contributed by atoms with Crippen molar-refractivity contribution in [2.45, 2.75) is 44.9 Å². The Kier molecular flexibility index (Phi) is 9.98. The minimum absolute atomic E-state index is 0.0138. The van der Waals surface area contributed by atoms with Crippen LogP contribution in [-0.4, -0.2) is 54.6 Å². The number of nitrogens with zero attached hydrogens (tertiary/aromatic N) is 1. The third-order valence-corrected chi connectivity index (χ3v) is 4.07. The van der Waals surface area contributed by atoms with Crippen molar-refractivity contribution in [2.75, 3.05) is 20.3 Å². The van der Waals surface area contributed by atoms with Crippen molar-refractivity contribution >= 4 is 20.8 Å². The van der Waals surface area contributed by atoms with Crippen LogP contribution in [0.2, 0.25) is 0 Å². The summed E-state index contributed by atoms with van der Waals surface area (Å²) < 4.78 is 16.3. The Balaban J connectivity index is 2.23. The van der Waals surface area contributed by atoms with E-state index in [2.05, 4.69) is 12.2 Å². The van der Waals surface area contributed by atoms with Crippen molar-refractivity contribution in [2.24, 2.45) is 0 Å². The summed E-state index contributed by atoms with van der Waals surface area (Å²) in [5, 5.41) is 9.66. The molecule has 3 unspecified atom stereocenters. The molecule has 0 saturated carbocycles. The lowest BCUT2D eigenvalue weighted by atomic mass is 10.2. The number of carbonyl (C=O) groups excluding carboxylic acids is 1. The van der Waals surface area contributed by atoms with Gasteiger partial charge in [0.05, 0.1) is 19.3 Å². The molecule has 0 spiro atoms. The zero-order chi connectivity index (χ0) is 17.1. The summed E-state index contributed by atoms with van der Waals surface area (Å²) in [4.78, 5) is 21.6. The average Bonchev–Trinajstić information content (AvgIpc) is 3.00. The molecule has 0 aliphatic carbocycles. The molecule has 0 radical (unpaired) electrons. The zero-order valence-electron chi connectivity index (χ0n) is 13.6. The van der Waals surface area contributed by atoms with E-state index in [9.17, 15) is 9.69 Å². The van der Waals surface area contributed by atoms with Gasteiger partial charge in [-0.25, -0.2) is 0 Å². The number of amides is 1. The first kappa shape index (κ1) is 20.0. The third-order valence-electron chi connectivity index (χ3n) is 3.30. The van der Waals surface area contributed by atoms with Gasteiger partial charge in [0.2, 0.25) is 6.41 Å². The van der Waals surface area contributed by atoms with Gasteiger partial charge in [-0.2, -0.15) is 0 Å². The fourth-order valence-electron chi connectivity index (χ4n) is 1.98. The predicted octanol–water partition coefficient (Wildman–Crippen LogP) is 1.71. The number of unbranched alkanes of at least 4 members (excludes halogenated alkanes) is 1. The van der Waals surface area contributed by atoms with E-state index in [1.807, 2.05) is 11.9 Å². The highest BCUT2D eigenvalue weighted by molar-refractivity contribution is 7.40. The lowest BCUT2D eigenvalue weighted by Crippen LogP contribution is -2.29. The number of carbonyl (C=O) groups is 1. The van der Waals surface area contributed by atoms with Gasteiger partial charge < -0.3 is 28.9 Å². The number of nitrogens with one attached hydrogen (secondary N) is 2. The Morgan fingerprint density at radius 3 is 3.00 bits per heavy atom. The summed E-state index contributed by atoms with van der Waals surface area (Å²) in [5.41, 5.74) is 0. The van der Waals surface area contributed by atoms with Crippen LogP contribution in [0.4, 0.5) is 0 Å². The Bertz CT molecular complexity index is 397. The molecule has 8 nitrogen and oxygen atoms in total. The van der Waals surface area contributed by atoms with Gasteiger partial charge in [-0.3, -0.25) is 10.2 Å². The maximum Gasteiger partial charge on any atom is 0.329 e. The second-order valence-corrected chi connectivity index (χ2v) is 6.16. The molecule has 1 saturated heterocycles. The van der Waals surface area contributed by atoms with E-state index in [0.717, 1.165) is 25.7 Å². The molecule has 0 aromatic heterocycles. The summed E-state index contributed by atoms with van der Waals surface area (Å²) >= 11 is 0. The summed E-state index contributed by atoms with van der Waals surface area (Å²) in [6.45, 7) is 2.85. The number of amidine groups is 1. The minimum atomic E-state index is -1.83. The molecule has 1 fully saturated rings. The summed E-state index contributed by atoms with van der Waals surface area (Å²) in [5.74, 6) is 0.0138. The van der Waals surface area contributed by atoms with Gasteiger partial charge in [0.1, 0.15) is 12.1 Å². The van der Waals surface area contributed by atoms with Crippen LogP contribution in [0, 0.1) is 5.41 Å². The highest BCUT2D eigenvalue weighted by Gasteiger charge is 2.28. The predicted molar refractivity (Wildman–Crippen MR) is 87.7 cm³/mol. The molecule has 3 N–H and O–H groups in total. The van der Waals surface area contributed by atoms with Gasteiger partial charge in [-0.15, -0.1) is 0 Å². The number of ether oxygens (including phenoxy) is 1. The van der Waals surface area contributed by atoms with E-state index in [1.54, 1.807) is 6.20 Å². The van der Waals surface area contributed by atoms with E-state index in [4.69, 9.17) is 19.2 Å². The van der Waals surface area contributed by atoms with E-state index in [1.165, 1.54) is 6.08 Å². The van der Waals surface area contributed by atoms with E-state index in [-0.39, 0.29) is 18.2 Å². The molecule has 23 heavy (non-hydrogen) atoms. The van der Waals surface area contributed by atoms with Gasteiger partial charge in [0.15, 0.2) is 0 Å². The van der Waals surface area contributed by atoms with Crippen LogP contribution < -0.4 is 5.32 Å². The molecule has 0 aromatic carbocycles. The van der Waals surface area contributed by atoms with Gasteiger partial charge in [-0.05, 0) is 25.3 Å². The van der Waals surface area contributed by atoms with Crippen LogP contribution in [-0.2, 0) is 18.6 Å². The Hall–Kier alpha value is -1.05. The van der Waals surface area contributed by atoms with Crippen molar-refractivity contribution in [1.29, 1.82) is 5.41 Å². The molecule has 9 heteroatoms. The fourth-order valence-corrected chi connectivity index (χ4v) is 2.63. The first-order valence-corrected chi connectivity index (χ1v) is 8.79. The maximum absolute atomic E-state index is 10.2. The molecule has 3 atom stereocenters. The van der Waals surface area contributed by atoms with Crippen molar-refractivity contribution in [3.8, 4) is 0 Å². The molecule has 1 aliphatic heterocycles. The lowest BCUT2D eigenvalue weighted by Gasteiger charge is -2.23. The van der Waals surface area contributed by atoms with Crippen LogP contribution >= 0.6 is 8.60 Å². The van der Waals surface area contributed by atoms with Crippen molar-refractivity contribution < 1.29 is 23.5 Å². The Morgan fingerprint density at radius 2 is 2.30 bits per heavy atom. The maximum atomic E-state index is 10.2. The molecule has 1 aliphatic rings. The summed E-state index contributed by atoms with van der Waals surface area (Å²) in [6.07, 6.45) is 6.97. The molecular formula is C14H26N3O5P. The van der Waals surface area contributed by atoms with Gasteiger partial charge >= 0.3 is 8.60 Å². The highest BCUT2D eigenvalue weighted by Crippen LogP contribution is 2.34. The fraction of sp³-hybridized carbons (Fsp3) is 0.714. The summed E-state index contributed by atoms with van der Waals surface area (Å²) in [6, 6.07) is 0. The van der Waals surface area contributed by atoms with Crippen LogP contribution in [0.25, 0.3) is 0 Å². The molecule has 1 amide bonds. The quantitative estimate of drug-likeness (QED) is 0.173. The number of hydrogen-bond donors (Lipinski definition) is 3. The third kappa shape index (κ3) is 8.39. The second kappa shape index (κ2) is 11.5. The largest absolute Gasteiger partial charge is 0.355 e. The summed E-state index contributed by atoms with van der Waals surface area (Å²) in [7, 11) is 0.00405. The number of rotatable bonds is 11. The molecule has 0 aromatic rings.